The first-order valence-corrected chi connectivity index (χ1v) is 6.30. The van der Waals surface area contributed by atoms with Crippen LogP contribution in [0.2, 0.25) is 0 Å². The van der Waals surface area contributed by atoms with Gasteiger partial charge in [0.2, 0.25) is 0 Å². The topological polar surface area (TPSA) is 110 Å². The van der Waals surface area contributed by atoms with Crippen LogP contribution in [0.1, 0.15) is 22.8 Å². The van der Waals surface area contributed by atoms with Crippen molar-refractivity contribution >= 4 is 40.2 Å². The minimum atomic E-state index is -1.17. The molecule has 19 heavy (non-hydrogen) atoms. The summed E-state index contributed by atoms with van der Waals surface area (Å²) in [4.78, 5) is 32.7. The van der Waals surface area contributed by atoms with E-state index in [1.807, 2.05) is 22.6 Å². The SMILES string of the molecule is Cc1c(I)cc([N+](=O)[O-])cc1C(=O)NC(C)C(=O)O. The van der Waals surface area contributed by atoms with E-state index in [1.54, 1.807) is 6.92 Å². The number of nitro benzene ring substituents is 1. The highest BCUT2D eigenvalue weighted by Crippen LogP contribution is 2.23. The average molecular weight is 378 g/mol. The molecular formula is C11H11IN2O5. The summed E-state index contributed by atoms with van der Waals surface area (Å²) in [7, 11) is 0. The van der Waals surface area contributed by atoms with Crippen molar-refractivity contribution in [3.63, 3.8) is 0 Å². The van der Waals surface area contributed by atoms with Crippen LogP contribution < -0.4 is 5.32 Å². The fourth-order valence-corrected chi connectivity index (χ4v) is 1.95. The van der Waals surface area contributed by atoms with Crippen LogP contribution in [0.4, 0.5) is 5.69 Å². The van der Waals surface area contributed by atoms with Gasteiger partial charge in [-0.15, -0.1) is 0 Å². The van der Waals surface area contributed by atoms with Crippen molar-refractivity contribution in [2.75, 3.05) is 0 Å². The number of hydrogen-bond donors (Lipinski definition) is 2. The van der Waals surface area contributed by atoms with Crippen LogP contribution in [-0.4, -0.2) is 27.9 Å². The maximum absolute atomic E-state index is 11.9. The Kier molecular flexibility index (Phi) is 4.81. The van der Waals surface area contributed by atoms with Crippen molar-refractivity contribution in [3.8, 4) is 0 Å². The largest absolute Gasteiger partial charge is 0.480 e. The summed E-state index contributed by atoms with van der Waals surface area (Å²) >= 11 is 1.89. The highest BCUT2D eigenvalue weighted by molar-refractivity contribution is 14.1. The van der Waals surface area contributed by atoms with E-state index in [1.165, 1.54) is 13.0 Å². The maximum atomic E-state index is 11.9. The van der Waals surface area contributed by atoms with E-state index in [9.17, 15) is 19.7 Å². The molecule has 0 saturated heterocycles. The number of halogens is 1. The minimum absolute atomic E-state index is 0.103. The molecule has 1 amide bonds. The Morgan fingerprint density at radius 2 is 2.05 bits per heavy atom. The third-order valence-corrected chi connectivity index (χ3v) is 3.62. The van der Waals surface area contributed by atoms with Crippen molar-refractivity contribution in [3.05, 3.63) is 36.9 Å². The monoisotopic (exact) mass is 378 g/mol. The van der Waals surface area contributed by atoms with Gasteiger partial charge in [-0.25, -0.2) is 0 Å². The Morgan fingerprint density at radius 1 is 1.47 bits per heavy atom. The van der Waals surface area contributed by atoms with Crippen molar-refractivity contribution in [1.82, 2.24) is 5.32 Å². The quantitative estimate of drug-likeness (QED) is 0.471. The zero-order chi connectivity index (χ0) is 14.7. The molecule has 7 nitrogen and oxygen atoms in total. The zero-order valence-corrected chi connectivity index (χ0v) is 12.3. The number of non-ortho nitro benzene ring substituents is 1. The van der Waals surface area contributed by atoms with Gasteiger partial charge in [0.15, 0.2) is 0 Å². The third kappa shape index (κ3) is 3.63. The van der Waals surface area contributed by atoms with Crippen LogP contribution in [0.3, 0.4) is 0 Å². The number of nitrogens with zero attached hydrogens (tertiary/aromatic N) is 1. The van der Waals surface area contributed by atoms with Crippen LogP contribution in [0.15, 0.2) is 12.1 Å². The lowest BCUT2D eigenvalue weighted by Gasteiger charge is -2.11. The number of carbonyl (C=O) groups is 2. The van der Waals surface area contributed by atoms with Gasteiger partial charge >= 0.3 is 5.97 Å². The van der Waals surface area contributed by atoms with Crippen LogP contribution in [0.25, 0.3) is 0 Å². The maximum Gasteiger partial charge on any atom is 0.325 e. The Bertz CT molecular complexity index is 558. The summed E-state index contributed by atoms with van der Waals surface area (Å²) < 4.78 is 0.569. The molecule has 0 heterocycles. The molecule has 0 aliphatic rings. The van der Waals surface area contributed by atoms with Gasteiger partial charge in [0.1, 0.15) is 6.04 Å². The van der Waals surface area contributed by atoms with E-state index < -0.39 is 22.8 Å². The number of benzene rings is 1. The molecule has 1 aromatic rings. The van der Waals surface area contributed by atoms with E-state index in [0.29, 0.717) is 9.13 Å². The summed E-state index contributed by atoms with van der Waals surface area (Å²) in [6, 6.07) is 1.43. The minimum Gasteiger partial charge on any atom is -0.480 e. The lowest BCUT2D eigenvalue weighted by molar-refractivity contribution is -0.385. The first-order chi connectivity index (χ1) is 8.73. The number of carboxylic acids is 1. The molecule has 0 radical (unpaired) electrons. The Balaban J connectivity index is 3.15. The second kappa shape index (κ2) is 5.95. The van der Waals surface area contributed by atoms with Crippen LogP contribution in [0.5, 0.6) is 0 Å². The number of amides is 1. The Morgan fingerprint density at radius 3 is 2.53 bits per heavy atom. The summed E-state index contributed by atoms with van der Waals surface area (Å²) in [6.45, 7) is 2.96. The predicted molar refractivity (Wildman–Crippen MR) is 75.1 cm³/mol. The van der Waals surface area contributed by atoms with Crippen molar-refractivity contribution < 1.29 is 19.6 Å². The third-order valence-electron chi connectivity index (χ3n) is 2.50. The molecule has 8 heteroatoms. The summed E-state index contributed by atoms with van der Waals surface area (Å²) in [5.74, 6) is -1.82. The number of aliphatic carboxylic acids is 1. The highest BCUT2D eigenvalue weighted by atomic mass is 127. The van der Waals surface area contributed by atoms with Gasteiger partial charge in [0, 0.05) is 15.7 Å². The molecule has 102 valence electrons. The molecule has 1 aromatic carbocycles. The molecule has 0 aliphatic carbocycles. The summed E-state index contributed by atoms with van der Waals surface area (Å²) in [5, 5.41) is 21.7. The van der Waals surface area contributed by atoms with E-state index in [2.05, 4.69) is 5.32 Å². The number of carboxylic acid groups (broad SMARTS) is 1. The molecule has 0 bridgehead atoms. The molecule has 0 saturated carbocycles. The molecule has 0 aromatic heterocycles. The highest BCUT2D eigenvalue weighted by Gasteiger charge is 2.20. The second-order valence-electron chi connectivity index (χ2n) is 3.89. The van der Waals surface area contributed by atoms with Crippen LogP contribution in [0, 0.1) is 20.6 Å². The molecule has 0 fully saturated rings. The summed E-state index contributed by atoms with van der Waals surface area (Å²) in [5.41, 5.74) is 0.469. The van der Waals surface area contributed by atoms with Gasteiger partial charge < -0.3 is 10.4 Å². The van der Waals surface area contributed by atoms with Gasteiger partial charge in [-0.3, -0.25) is 19.7 Å². The number of carbonyl (C=O) groups excluding carboxylic acids is 1. The van der Waals surface area contributed by atoms with E-state index in [0.717, 1.165) is 6.07 Å². The first kappa shape index (κ1) is 15.3. The molecule has 1 rings (SSSR count). The van der Waals surface area contributed by atoms with E-state index in [-0.39, 0.29) is 11.3 Å². The van der Waals surface area contributed by atoms with Gasteiger partial charge in [0.05, 0.1) is 10.5 Å². The molecule has 0 spiro atoms. The van der Waals surface area contributed by atoms with E-state index >= 15 is 0 Å². The zero-order valence-electron chi connectivity index (χ0n) is 10.1. The number of rotatable bonds is 4. The van der Waals surface area contributed by atoms with Crippen molar-refractivity contribution in [2.24, 2.45) is 0 Å². The molecule has 0 aliphatic heterocycles. The first-order valence-electron chi connectivity index (χ1n) is 5.22. The lowest BCUT2D eigenvalue weighted by Crippen LogP contribution is -2.38. The number of nitrogens with one attached hydrogen (secondary N) is 1. The molecular weight excluding hydrogens is 367 g/mol. The standard InChI is InChI=1S/C11H11IN2O5/c1-5-8(10(15)13-6(2)11(16)17)3-7(14(18)19)4-9(5)12/h3-4,6H,1-2H3,(H,13,15)(H,16,17). The van der Waals surface area contributed by atoms with Crippen LogP contribution in [-0.2, 0) is 4.79 Å². The summed E-state index contributed by atoms with van der Waals surface area (Å²) in [6.07, 6.45) is 0. The van der Waals surface area contributed by atoms with Gasteiger partial charge in [-0.2, -0.15) is 0 Å². The fourth-order valence-electron chi connectivity index (χ4n) is 1.34. The number of hydrogen-bond acceptors (Lipinski definition) is 4. The smallest absolute Gasteiger partial charge is 0.325 e. The Hall–Kier alpha value is -1.71. The predicted octanol–water partition coefficient (Wildman–Crippen LogP) is 1.71. The normalized spacial score (nSPS) is 11.7. The second-order valence-corrected chi connectivity index (χ2v) is 5.05. The van der Waals surface area contributed by atoms with Gasteiger partial charge in [-0.1, -0.05) is 0 Å². The molecule has 1 atom stereocenters. The van der Waals surface area contributed by atoms with Crippen LogP contribution >= 0.6 is 22.6 Å². The van der Waals surface area contributed by atoms with Crippen molar-refractivity contribution in [2.45, 2.75) is 19.9 Å². The van der Waals surface area contributed by atoms with Crippen molar-refractivity contribution in [1.29, 1.82) is 0 Å². The average Bonchev–Trinajstić information content (AvgIpc) is 2.31. The fraction of sp³-hybridized carbons (Fsp3) is 0.273. The molecule has 1 unspecified atom stereocenters. The van der Waals surface area contributed by atoms with Gasteiger partial charge in [0.25, 0.3) is 11.6 Å². The molecule has 2 N–H and O–H groups in total. The number of nitro groups is 1. The van der Waals surface area contributed by atoms with Gasteiger partial charge in [-0.05, 0) is 42.0 Å². The van der Waals surface area contributed by atoms with E-state index in [4.69, 9.17) is 5.11 Å². The lowest BCUT2D eigenvalue weighted by atomic mass is 10.1. The Labute approximate surface area is 122 Å².